The van der Waals surface area contributed by atoms with E-state index in [-0.39, 0.29) is 6.54 Å². The predicted octanol–water partition coefficient (Wildman–Crippen LogP) is 0.987. The van der Waals surface area contributed by atoms with Gasteiger partial charge in [-0.25, -0.2) is 29.0 Å². The van der Waals surface area contributed by atoms with Crippen molar-refractivity contribution in [1.82, 2.24) is 20.4 Å². The zero-order chi connectivity index (χ0) is 17.9. The standard InChI is InChI=1S/C15H18N4O5/c1-9-8-18(15(24)19(9)13(22)16-2)14(23)17-11(12(20)21)10-6-4-3-5-7-10/h3-7,9,11H,8H2,1-2H3,(H,16,22)(H,17,23)(H,20,21). The van der Waals surface area contributed by atoms with Gasteiger partial charge in [-0.2, -0.15) is 0 Å². The Bertz CT molecular complexity index is 663. The third-order valence-electron chi connectivity index (χ3n) is 3.65. The number of carbonyl (C=O) groups excluding carboxylic acids is 3. The number of carboxylic acid groups (broad SMARTS) is 1. The van der Waals surface area contributed by atoms with Crippen molar-refractivity contribution in [1.29, 1.82) is 0 Å². The highest BCUT2D eigenvalue weighted by Gasteiger charge is 2.42. The van der Waals surface area contributed by atoms with Gasteiger partial charge in [-0.15, -0.1) is 0 Å². The number of benzene rings is 1. The van der Waals surface area contributed by atoms with Crippen LogP contribution in [0.5, 0.6) is 0 Å². The van der Waals surface area contributed by atoms with Crippen LogP contribution in [-0.2, 0) is 4.79 Å². The van der Waals surface area contributed by atoms with Crippen molar-refractivity contribution in [2.45, 2.75) is 19.0 Å². The molecule has 0 bridgehead atoms. The molecule has 0 aliphatic carbocycles. The topological polar surface area (TPSA) is 119 Å². The van der Waals surface area contributed by atoms with Gasteiger partial charge in [0.15, 0.2) is 6.04 Å². The molecule has 2 rings (SSSR count). The predicted molar refractivity (Wildman–Crippen MR) is 83.2 cm³/mol. The quantitative estimate of drug-likeness (QED) is 0.761. The third-order valence-corrected chi connectivity index (χ3v) is 3.65. The highest BCUT2D eigenvalue weighted by molar-refractivity contribution is 6.03. The monoisotopic (exact) mass is 334 g/mol. The first-order valence-corrected chi connectivity index (χ1v) is 7.27. The van der Waals surface area contributed by atoms with E-state index >= 15 is 0 Å². The highest BCUT2D eigenvalue weighted by atomic mass is 16.4. The number of nitrogens with zero attached hydrogens (tertiary/aromatic N) is 2. The zero-order valence-corrected chi connectivity index (χ0v) is 13.2. The maximum Gasteiger partial charge on any atom is 0.336 e. The zero-order valence-electron chi connectivity index (χ0n) is 13.2. The summed E-state index contributed by atoms with van der Waals surface area (Å²) >= 11 is 0. The Morgan fingerprint density at radius 2 is 1.83 bits per heavy atom. The molecular formula is C15H18N4O5. The van der Waals surface area contributed by atoms with Gasteiger partial charge in [0.05, 0.1) is 12.6 Å². The molecule has 1 aliphatic heterocycles. The molecule has 6 amide bonds. The molecule has 9 heteroatoms. The van der Waals surface area contributed by atoms with Gasteiger partial charge in [0.1, 0.15) is 0 Å². The number of imide groups is 2. The molecule has 9 nitrogen and oxygen atoms in total. The molecule has 128 valence electrons. The van der Waals surface area contributed by atoms with Crippen LogP contribution in [0.3, 0.4) is 0 Å². The van der Waals surface area contributed by atoms with Crippen LogP contribution in [0.4, 0.5) is 14.4 Å². The second kappa shape index (κ2) is 6.99. The van der Waals surface area contributed by atoms with Gasteiger partial charge in [-0.3, -0.25) is 0 Å². The van der Waals surface area contributed by atoms with Gasteiger partial charge >= 0.3 is 24.1 Å². The van der Waals surface area contributed by atoms with Gasteiger partial charge in [0.2, 0.25) is 0 Å². The van der Waals surface area contributed by atoms with Gasteiger partial charge in [-0.1, -0.05) is 30.3 Å². The van der Waals surface area contributed by atoms with Crippen LogP contribution in [0.15, 0.2) is 30.3 Å². The van der Waals surface area contributed by atoms with E-state index in [0.717, 1.165) is 9.80 Å². The molecule has 1 aliphatic rings. The third kappa shape index (κ3) is 3.29. The van der Waals surface area contributed by atoms with Crippen LogP contribution in [0.2, 0.25) is 0 Å². The fraction of sp³-hybridized carbons (Fsp3) is 0.333. The molecule has 24 heavy (non-hydrogen) atoms. The second-order valence-electron chi connectivity index (χ2n) is 5.30. The number of carboxylic acids is 1. The summed E-state index contributed by atoms with van der Waals surface area (Å²) in [6.07, 6.45) is 0. The minimum Gasteiger partial charge on any atom is -0.479 e. The van der Waals surface area contributed by atoms with E-state index in [0.29, 0.717) is 5.56 Å². The lowest BCUT2D eigenvalue weighted by Gasteiger charge is -2.20. The summed E-state index contributed by atoms with van der Waals surface area (Å²) in [4.78, 5) is 49.4. The molecule has 1 heterocycles. The molecule has 0 spiro atoms. The lowest BCUT2D eigenvalue weighted by molar-refractivity contribution is -0.139. The average Bonchev–Trinajstić information content (AvgIpc) is 2.87. The molecule has 1 fully saturated rings. The Morgan fingerprint density at radius 1 is 1.21 bits per heavy atom. The number of rotatable bonds is 3. The van der Waals surface area contributed by atoms with Gasteiger partial charge in [0.25, 0.3) is 0 Å². The van der Waals surface area contributed by atoms with E-state index in [1.165, 1.54) is 7.05 Å². The molecule has 2 atom stereocenters. The van der Waals surface area contributed by atoms with E-state index in [1.807, 2.05) is 0 Å². The maximum atomic E-state index is 12.3. The number of urea groups is 3. The van der Waals surface area contributed by atoms with Crippen molar-refractivity contribution in [2.75, 3.05) is 13.6 Å². The first-order valence-electron chi connectivity index (χ1n) is 7.27. The summed E-state index contributed by atoms with van der Waals surface area (Å²) in [5, 5.41) is 14.0. The Kier molecular flexibility index (Phi) is 5.02. The maximum absolute atomic E-state index is 12.3. The van der Waals surface area contributed by atoms with E-state index in [1.54, 1.807) is 37.3 Å². The summed E-state index contributed by atoms with van der Waals surface area (Å²) in [7, 11) is 1.38. The van der Waals surface area contributed by atoms with Crippen LogP contribution in [-0.4, -0.2) is 58.6 Å². The molecular weight excluding hydrogens is 316 g/mol. The van der Waals surface area contributed by atoms with E-state index in [2.05, 4.69) is 10.6 Å². The lowest BCUT2D eigenvalue weighted by Crippen LogP contribution is -2.48. The molecule has 0 radical (unpaired) electrons. The summed E-state index contributed by atoms with van der Waals surface area (Å²) in [5.74, 6) is -1.25. The lowest BCUT2D eigenvalue weighted by atomic mass is 10.1. The Hall–Kier alpha value is -3.10. The van der Waals surface area contributed by atoms with Crippen LogP contribution < -0.4 is 10.6 Å². The van der Waals surface area contributed by atoms with Crippen molar-refractivity contribution < 1.29 is 24.3 Å². The molecule has 1 aromatic rings. The van der Waals surface area contributed by atoms with Crippen molar-refractivity contribution in [3.63, 3.8) is 0 Å². The molecule has 1 saturated heterocycles. The minimum atomic E-state index is -1.30. The van der Waals surface area contributed by atoms with Crippen molar-refractivity contribution >= 4 is 24.1 Å². The van der Waals surface area contributed by atoms with E-state index in [9.17, 15) is 24.3 Å². The Labute approximate surface area is 138 Å². The number of aliphatic carboxylic acids is 1. The Morgan fingerprint density at radius 3 is 2.38 bits per heavy atom. The Balaban J connectivity index is 2.15. The fourth-order valence-electron chi connectivity index (χ4n) is 2.45. The molecule has 3 N–H and O–H groups in total. The first kappa shape index (κ1) is 17.3. The molecule has 0 saturated carbocycles. The fourth-order valence-corrected chi connectivity index (χ4v) is 2.45. The van der Waals surface area contributed by atoms with Crippen molar-refractivity contribution in [2.24, 2.45) is 0 Å². The summed E-state index contributed by atoms with van der Waals surface area (Å²) in [6.45, 7) is 1.60. The van der Waals surface area contributed by atoms with Crippen LogP contribution >= 0.6 is 0 Å². The highest BCUT2D eigenvalue weighted by Crippen LogP contribution is 2.18. The largest absolute Gasteiger partial charge is 0.479 e. The minimum absolute atomic E-state index is 0.0147. The van der Waals surface area contributed by atoms with E-state index < -0.39 is 36.1 Å². The number of carbonyl (C=O) groups is 4. The second-order valence-corrected chi connectivity index (χ2v) is 5.30. The van der Waals surface area contributed by atoms with Crippen molar-refractivity contribution in [3.8, 4) is 0 Å². The molecule has 2 unspecified atom stereocenters. The SMILES string of the molecule is CNC(=O)N1C(=O)N(C(=O)NC(C(=O)O)c2ccccc2)CC1C. The number of nitrogens with one attached hydrogen (secondary N) is 2. The van der Waals surface area contributed by atoms with Crippen LogP contribution in [0, 0.1) is 0 Å². The van der Waals surface area contributed by atoms with Crippen LogP contribution in [0.25, 0.3) is 0 Å². The van der Waals surface area contributed by atoms with Crippen molar-refractivity contribution in [3.05, 3.63) is 35.9 Å². The smallest absolute Gasteiger partial charge is 0.336 e. The number of hydrogen-bond donors (Lipinski definition) is 3. The summed E-state index contributed by atoms with van der Waals surface area (Å²) < 4.78 is 0. The normalized spacial score (nSPS) is 18.2. The molecule has 1 aromatic carbocycles. The van der Waals surface area contributed by atoms with Gasteiger partial charge in [-0.05, 0) is 12.5 Å². The number of amides is 6. The number of hydrogen-bond acceptors (Lipinski definition) is 4. The van der Waals surface area contributed by atoms with Crippen LogP contribution in [0.1, 0.15) is 18.5 Å². The summed E-state index contributed by atoms with van der Waals surface area (Å²) in [5.41, 5.74) is 0.376. The van der Waals surface area contributed by atoms with Gasteiger partial charge in [0, 0.05) is 7.05 Å². The average molecular weight is 334 g/mol. The van der Waals surface area contributed by atoms with Gasteiger partial charge < -0.3 is 15.7 Å². The van der Waals surface area contributed by atoms with E-state index in [4.69, 9.17) is 0 Å². The first-order chi connectivity index (χ1) is 11.4. The summed E-state index contributed by atoms with van der Waals surface area (Å²) in [6, 6.07) is 4.04. The molecule has 0 aromatic heterocycles.